The summed E-state index contributed by atoms with van der Waals surface area (Å²) in [5.74, 6) is 0.173. The van der Waals surface area contributed by atoms with Gasteiger partial charge in [0.2, 0.25) is 5.91 Å². The van der Waals surface area contributed by atoms with Crippen LogP contribution in [0.2, 0.25) is 0 Å². The second kappa shape index (κ2) is 7.95. The fourth-order valence-electron chi connectivity index (χ4n) is 3.28. The highest BCUT2D eigenvalue weighted by Crippen LogP contribution is 2.24. The van der Waals surface area contributed by atoms with Crippen LogP contribution in [0.15, 0.2) is 53.0 Å². The maximum atomic E-state index is 12.6. The minimum absolute atomic E-state index is 0.0515. The Balaban J connectivity index is 1.60. The van der Waals surface area contributed by atoms with Gasteiger partial charge in [-0.3, -0.25) is 9.69 Å². The molecule has 126 valence electrons. The van der Waals surface area contributed by atoms with E-state index in [1.54, 1.807) is 0 Å². The lowest BCUT2D eigenvalue weighted by atomic mass is 9.96. The molecule has 3 rings (SSSR count). The number of likely N-dealkylation sites (tertiary alicyclic amines) is 1. The number of anilines is 1. The summed E-state index contributed by atoms with van der Waals surface area (Å²) in [6, 6.07) is 16.4. The zero-order chi connectivity index (χ0) is 16.9. The van der Waals surface area contributed by atoms with Gasteiger partial charge in [-0.25, -0.2) is 0 Å². The van der Waals surface area contributed by atoms with E-state index in [0.29, 0.717) is 0 Å². The SMILES string of the molecule is Cc1cccc(CN2CCCC(C(=O)Nc3ccccc3Br)C2)c1. The minimum atomic E-state index is 0.0515. The number of hydrogen-bond acceptors (Lipinski definition) is 2. The van der Waals surface area contributed by atoms with E-state index in [1.165, 1.54) is 11.1 Å². The number of carbonyl (C=O) groups excluding carboxylic acids is 1. The third-order valence-corrected chi connectivity index (χ3v) is 5.19. The fourth-order valence-corrected chi connectivity index (χ4v) is 3.66. The van der Waals surface area contributed by atoms with Crippen molar-refractivity contribution in [1.82, 2.24) is 4.90 Å². The lowest BCUT2D eigenvalue weighted by Crippen LogP contribution is -2.40. The number of para-hydroxylation sites is 1. The predicted octanol–water partition coefficient (Wildman–Crippen LogP) is 4.61. The van der Waals surface area contributed by atoms with Crippen molar-refractivity contribution in [2.75, 3.05) is 18.4 Å². The highest BCUT2D eigenvalue weighted by Gasteiger charge is 2.26. The number of aryl methyl sites for hydroxylation is 1. The van der Waals surface area contributed by atoms with Crippen LogP contribution < -0.4 is 5.32 Å². The largest absolute Gasteiger partial charge is 0.325 e. The van der Waals surface area contributed by atoms with E-state index in [4.69, 9.17) is 0 Å². The number of carbonyl (C=O) groups is 1. The molecule has 2 aromatic rings. The van der Waals surface area contributed by atoms with E-state index in [1.807, 2.05) is 24.3 Å². The van der Waals surface area contributed by atoms with Crippen LogP contribution in [0.3, 0.4) is 0 Å². The number of halogens is 1. The van der Waals surface area contributed by atoms with Gasteiger partial charge in [0.05, 0.1) is 11.6 Å². The van der Waals surface area contributed by atoms with Gasteiger partial charge >= 0.3 is 0 Å². The van der Waals surface area contributed by atoms with Crippen molar-refractivity contribution in [2.24, 2.45) is 5.92 Å². The average Bonchev–Trinajstić information content (AvgIpc) is 2.57. The van der Waals surface area contributed by atoms with E-state index < -0.39 is 0 Å². The molecule has 1 heterocycles. The molecule has 1 saturated heterocycles. The number of rotatable bonds is 4. The van der Waals surface area contributed by atoms with Gasteiger partial charge in [0.1, 0.15) is 0 Å². The normalized spacial score (nSPS) is 18.3. The molecule has 1 unspecified atom stereocenters. The van der Waals surface area contributed by atoms with Crippen LogP contribution in [-0.4, -0.2) is 23.9 Å². The number of hydrogen-bond donors (Lipinski definition) is 1. The average molecular weight is 387 g/mol. The summed E-state index contributed by atoms with van der Waals surface area (Å²) in [5, 5.41) is 3.06. The van der Waals surface area contributed by atoms with Crippen LogP contribution in [0, 0.1) is 12.8 Å². The standard InChI is InChI=1S/C20H23BrN2O/c1-15-6-4-7-16(12-15)13-23-11-5-8-17(14-23)20(24)22-19-10-3-2-9-18(19)21/h2-4,6-7,9-10,12,17H,5,8,11,13-14H2,1H3,(H,22,24). The Morgan fingerprint density at radius 3 is 2.88 bits per heavy atom. The Morgan fingerprint density at radius 1 is 1.25 bits per heavy atom. The molecule has 0 spiro atoms. The number of nitrogens with zero attached hydrogens (tertiary/aromatic N) is 1. The molecule has 4 heteroatoms. The van der Waals surface area contributed by atoms with Gasteiger partial charge in [0.15, 0.2) is 0 Å². The molecule has 1 fully saturated rings. The number of amides is 1. The quantitative estimate of drug-likeness (QED) is 0.831. The smallest absolute Gasteiger partial charge is 0.228 e. The molecular weight excluding hydrogens is 364 g/mol. The van der Waals surface area contributed by atoms with Crippen LogP contribution in [0.1, 0.15) is 24.0 Å². The van der Waals surface area contributed by atoms with Crippen LogP contribution in [0.5, 0.6) is 0 Å². The Hall–Kier alpha value is -1.65. The van der Waals surface area contributed by atoms with Crippen molar-refractivity contribution in [3.05, 3.63) is 64.1 Å². The third kappa shape index (κ3) is 4.46. The summed E-state index contributed by atoms with van der Waals surface area (Å²) in [4.78, 5) is 15.0. The first-order valence-electron chi connectivity index (χ1n) is 8.45. The second-order valence-electron chi connectivity index (χ2n) is 6.53. The Bertz CT molecular complexity index is 716. The van der Waals surface area contributed by atoms with Crippen molar-refractivity contribution in [2.45, 2.75) is 26.3 Å². The lowest BCUT2D eigenvalue weighted by Gasteiger charge is -2.32. The summed E-state index contributed by atoms with van der Waals surface area (Å²) >= 11 is 3.49. The van der Waals surface area contributed by atoms with Crippen LogP contribution in [0.4, 0.5) is 5.69 Å². The number of piperidine rings is 1. The second-order valence-corrected chi connectivity index (χ2v) is 7.39. The van der Waals surface area contributed by atoms with Gasteiger partial charge < -0.3 is 5.32 Å². The molecule has 1 N–H and O–H groups in total. The van der Waals surface area contributed by atoms with E-state index in [9.17, 15) is 4.79 Å². The first-order chi connectivity index (χ1) is 11.6. The third-order valence-electron chi connectivity index (χ3n) is 4.50. The summed E-state index contributed by atoms with van der Waals surface area (Å²) in [6.07, 6.45) is 2.03. The zero-order valence-electron chi connectivity index (χ0n) is 14.0. The van der Waals surface area contributed by atoms with Crippen molar-refractivity contribution < 1.29 is 4.79 Å². The highest BCUT2D eigenvalue weighted by atomic mass is 79.9. The predicted molar refractivity (Wildman–Crippen MR) is 102 cm³/mol. The number of nitrogens with one attached hydrogen (secondary N) is 1. The lowest BCUT2D eigenvalue weighted by molar-refractivity contribution is -0.121. The molecule has 0 bridgehead atoms. The van der Waals surface area contributed by atoms with Gasteiger partial charge in [-0.1, -0.05) is 42.0 Å². The molecule has 1 amide bonds. The molecule has 0 aromatic heterocycles. The molecular formula is C20H23BrN2O. The molecule has 0 radical (unpaired) electrons. The van der Waals surface area contributed by atoms with E-state index in [2.05, 4.69) is 57.3 Å². The van der Waals surface area contributed by atoms with Gasteiger partial charge in [-0.2, -0.15) is 0 Å². The van der Waals surface area contributed by atoms with E-state index >= 15 is 0 Å². The van der Waals surface area contributed by atoms with E-state index in [-0.39, 0.29) is 11.8 Å². The molecule has 1 atom stereocenters. The van der Waals surface area contributed by atoms with Crippen LogP contribution in [-0.2, 0) is 11.3 Å². The van der Waals surface area contributed by atoms with Crippen molar-refractivity contribution >= 4 is 27.5 Å². The van der Waals surface area contributed by atoms with Gasteiger partial charge in [-0.05, 0) is 59.9 Å². The first-order valence-corrected chi connectivity index (χ1v) is 9.24. The number of benzene rings is 2. The van der Waals surface area contributed by atoms with Gasteiger partial charge in [0, 0.05) is 17.6 Å². The molecule has 0 aliphatic carbocycles. The molecule has 0 saturated carbocycles. The Kier molecular flexibility index (Phi) is 5.69. The minimum Gasteiger partial charge on any atom is -0.325 e. The maximum Gasteiger partial charge on any atom is 0.228 e. The maximum absolute atomic E-state index is 12.6. The van der Waals surface area contributed by atoms with Crippen LogP contribution in [0.25, 0.3) is 0 Å². The summed E-state index contributed by atoms with van der Waals surface area (Å²) in [7, 11) is 0. The highest BCUT2D eigenvalue weighted by molar-refractivity contribution is 9.10. The molecule has 1 aliphatic heterocycles. The summed E-state index contributed by atoms with van der Waals surface area (Å²) < 4.78 is 0.922. The van der Waals surface area contributed by atoms with E-state index in [0.717, 1.165) is 42.6 Å². The Labute approximate surface area is 152 Å². The summed E-state index contributed by atoms with van der Waals surface area (Å²) in [6.45, 7) is 4.92. The monoisotopic (exact) mass is 386 g/mol. The topological polar surface area (TPSA) is 32.3 Å². The van der Waals surface area contributed by atoms with Gasteiger partial charge in [0.25, 0.3) is 0 Å². The van der Waals surface area contributed by atoms with Crippen molar-refractivity contribution in [3.8, 4) is 0 Å². The summed E-state index contributed by atoms with van der Waals surface area (Å²) in [5.41, 5.74) is 3.45. The molecule has 1 aliphatic rings. The zero-order valence-corrected chi connectivity index (χ0v) is 15.6. The van der Waals surface area contributed by atoms with Gasteiger partial charge in [-0.15, -0.1) is 0 Å². The van der Waals surface area contributed by atoms with Crippen molar-refractivity contribution in [1.29, 1.82) is 0 Å². The van der Waals surface area contributed by atoms with Crippen LogP contribution >= 0.6 is 15.9 Å². The van der Waals surface area contributed by atoms with Crippen molar-refractivity contribution in [3.63, 3.8) is 0 Å². The first kappa shape index (κ1) is 17.2. The fraction of sp³-hybridized carbons (Fsp3) is 0.350. The molecule has 2 aromatic carbocycles. The molecule has 24 heavy (non-hydrogen) atoms. The molecule has 3 nitrogen and oxygen atoms in total. The Morgan fingerprint density at radius 2 is 2.08 bits per heavy atom.